The molecule has 1 radical (unpaired) electrons. The van der Waals surface area contributed by atoms with Crippen LogP contribution in [0.5, 0.6) is 0 Å². The predicted molar refractivity (Wildman–Crippen MR) is 268 cm³/mol. The number of imidazole rings is 1. The Morgan fingerprint density at radius 1 is 0.656 bits per heavy atom. The van der Waals surface area contributed by atoms with Crippen LogP contribution < -0.4 is 4.40 Å². The SMILES string of the molecule is CC(C)Cc1cc(-c2[c-]cccc2)nc[c]1[Ge]([CH3])([CH3])[CH3].CC(C)c1ccc2c(n1)oc1c(-c3nc4ccccc4n3-c3c(C(C)C)cc(-c4ccccc4)cc3C(C)C)[c-]ccc12.[Ir]. The van der Waals surface area contributed by atoms with Crippen LogP contribution in [0.3, 0.4) is 0 Å². The maximum absolute atomic E-state index is 6.55. The Morgan fingerprint density at radius 3 is 1.98 bits per heavy atom. The molecule has 5 aromatic carbocycles. The summed E-state index contributed by atoms with van der Waals surface area (Å²) in [5, 5.41) is 2.04. The second-order valence-corrected chi connectivity index (χ2v) is 29.8. The van der Waals surface area contributed by atoms with Crippen molar-refractivity contribution in [1.82, 2.24) is 19.5 Å². The summed E-state index contributed by atoms with van der Waals surface area (Å²) in [6.07, 6.45) is 3.27. The van der Waals surface area contributed by atoms with Crippen LogP contribution in [0.1, 0.15) is 95.5 Å². The smallest absolute Gasteiger partial charge is 0.216 e. The Bertz CT molecular complexity index is 3000. The number of pyridine rings is 2. The molecule has 0 N–H and O–H groups in total. The van der Waals surface area contributed by atoms with Crippen molar-refractivity contribution < 1.29 is 24.5 Å². The van der Waals surface area contributed by atoms with Gasteiger partial charge in [0, 0.05) is 36.9 Å². The summed E-state index contributed by atoms with van der Waals surface area (Å²) in [6.45, 7) is 18.0. The maximum Gasteiger partial charge on any atom is 0.216 e. The molecule has 0 spiro atoms. The third kappa shape index (κ3) is 9.61. The van der Waals surface area contributed by atoms with Gasteiger partial charge in [0.1, 0.15) is 0 Å². The minimum atomic E-state index is -1.86. The van der Waals surface area contributed by atoms with Crippen LogP contribution >= 0.6 is 0 Å². The summed E-state index contributed by atoms with van der Waals surface area (Å²) in [7, 11) is 0. The predicted octanol–water partition coefficient (Wildman–Crippen LogP) is 15.1. The van der Waals surface area contributed by atoms with Gasteiger partial charge in [0.15, 0.2) is 0 Å². The zero-order valence-corrected chi connectivity index (χ0v) is 43.7. The van der Waals surface area contributed by atoms with Gasteiger partial charge in [-0.1, -0.05) is 95.0 Å². The van der Waals surface area contributed by atoms with Crippen LogP contribution in [-0.4, -0.2) is 32.8 Å². The first kappa shape index (κ1) is 46.8. The van der Waals surface area contributed by atoms with Gasteiger partial charge in [-0.15, -0.1) is 18.2 Å². The van der Waals surface area contributed by atoms with Crippen LogP contribution in [0.2, 0.25) is 17.3 Å². The van der Waals surface area contributed by atoms with Crippen LogP contribution in [0, 0.1) is 18.1 Å². The standard InChI is InChI=1S/C39H36N3O.C18H24GeN.Ir/c1-23(2)31-21-27(26-13-8-7-9-14-26)22-32(24(3)4)36(31)42-35-18-11-10-17-34(35)40-38(42)30-16-12-15-28-29-19-20-33(25(5)6)41-39(29)43-37(28)30;1-14(2)11-16-12-18(15-9-7-6-8-10-15)20-13-17(16)19(3,4)5;/h7-15,17-25H,1-6H3;6-9,12-14H,11H2,1-5H3;/q2*-1;. The molecular formula is C57H60GeIrN4O-2. The summed E-state index contributed by atoms with van der Waals surface area (Å²) in [6, 6.07) is 49.3. The molecule has 0 aliphatic carbocycles. The van der Waals surface area contributed by atoms with E-state index >= 15 is 0 Å². The van der Waals surface area contributed by atoms with Gasteiger partial charge in [0.25, 0.3) is 0 Å². The van der Waals surface area contributed by atoms with Gasteiger partial charge in [0.2, 0.25) is 5.71 Å². The first-order valence-corrected chi connectivity index (χ1v) is 30.0. The molecule has 4 heterocycles. The van der Waals surface area contributed by atoms with Crippen LogP contribution in [0.25, 0.3) is 72.6 Å². The van der Waals surface area contributed by atoms with E-state index < -0.39 is 13.3 Å². The van der Waals surface area contributed by atoms with E-state index in [-0.39, 0.29) is 31.9 Å². The third-order valence-corrected chi connectivity index (χ3v) is 16.2. The van der Waals surface area contributed by atoms with E-state index in [1.54, 1.807) is 4.40 Å². The average molecular weight is 1080 g/mol. The molecule has 0 amide bonds. The minimum absolute atomic E-state index is 0. The minimum Gasteiger partial charge on any atom is -0.486 e. The number of hydrogen-bond acceptors (Lipinski definition) is 4. The topological polar surface area (TPSA) is 56.7 Å². The van der Waals surface area contributed by atoms with E-state index in [1.807, 2.05) is 24.3 Å². The van der Waals surface area contributed by atoms with Crippen molar-refractivity contribution in [2.45, 2.75) is 96.8 Å². The van der Waals surface area contributed by atoms with Crippen LogP contribution in [-0.2, 0) is 26.5 Å². The Kier molecular flexibility index (Phi) is 14.3. The zero-order chi connectivity index (χ0) is 44.6. The molecule has 329 valence electrons. The zero-order valence-electron chi connectivity index (χ0n) is 39.2. The Balaban J connectivity index is 0.000000246. The molecule has 0 saturated carbocycles. The number of fused-ring (bicyclic) bond motifs is 4. The van der Waals surface area contributed by atoms with Crippen molar-refractivity contribution in [2.24, 2.45) is 5.92 Å². The quantitative estimate of drug-likeness (QED) is 0.101. The molecule has 64 heavy (non-hydrogen) atoms. The van der Waals surface area contributed by atoms with E-state index in [4.69, 9.17) is 19.4 Å². The normalized spacial score (nSPS) is 11.9. The number of aromatic nitrogens is 4. The van der Waals surface area contributed by atoms with Gasteiger partial charge in [-0.3, -0.25) is 4.98 Å². The van der Waals surface area contributed by atoms with Crippen molar-refractivity contribution in [1.29, 1.82) is 0 Å². The van der Waals surface area contributed by atoms with Gasteiger partial charge in [0.05, 0.1) is 22.4 Å². The van der Waals surface area contributed by atoms with Crippen molar-refractivity contribution in [3.8, 4) is 39.5 Å². The number of rotatable bonds is 10. The maximum atomic E-state index is 6.55. The van der Waals surface area contributed by atoms with Crippen molar-refractivity contribution in [3.63, 3.8) is 0 Å². The van der Waals surface area contributed by atoms with Crippen LogP contribution in [0.4, 0.5) is 0 Å². The number of nitrogens with zero attached hydrogens (tertiary/aromatic N) is 4. The summed E-state index contributed by atoms with van der Waals surface area (Å²) in [5.74, 6) is 9.71. The Morgan fingerprint density at radius 2 is 1.34 bits per heavy atom. The van der Waals surface area contributed by atoms with Gasteiger partial charge in [-0.25, -0.2) is 4.98 Å². The molecule has 7 heteroatoms. The van der Waals surface area contributed by atoms with E-state index in [1.165, 1.54) is 33.5 Å². The van der Waals surface area contributed by atoms with E-state index in [9.17, 15) is 0 Å². The van der Waals surface area contributed by atoms with E-state index in [0.29, 0.717) is 17.5 Å². The molecule has 0 unspecified atom stereocenters. The fourth-order valence-corrected chi connectivity index (χ4v) is 12.0. The van der Waals surface area contributed by atoms with Crippen molar-refractivity contribution in [3.05, 3.63) is 162 Å². The molecule has 5 nitrogen and oxygen atoms in total. The summed E-state index contributed by atoms with van der Waals surface area (Å²) >= 11 is -1.86. The molecule has 0 saturated heterocycles. The molecule has 0 aliphatic rings. The largest absolute Gasteiger partial charge is 0.486 e. The summed E-state index contributed by atoms with van der Waals surface area (Å²) in [4.78, 5) is 14.8. The number of para-hydroxylation sites is 2. The second kappa shape index (κ2) is 19.5. The number of furan rings is 1. The Labute approximate surface area is 396 Å². The monoisotopic (exact) mass is 1080 g/mol. The fraction of sp³-hybridized carbons (Fsp3) is 0.281. The Hall–Kier alpha value is -5.14. The molecule has 0 aliphatic heterocycles. The molecule has 9 aromatic rings. The van der Waals surface area contributed by atoms with E-state index in [2.05, 4.69) is 193 Å². The molecular weight excluding hydrogens is 1020 g/mol. The third-order valence-electron chi connectivity index (χ3n) is 11.9. The van der Waals surface area contributed by atoms with Gasteiger partial charge < -0.3 is 8.98 Å². The van der Waals surface area contributed by atoms with Crippen molar-refractivity contribution >= 4 is 50.8 Å². The van der Waals surface area contributed by atoms with Gasteiger partial charge >= 0.3 is 126 Å². The molecule has 0 atom stereocenters. The number of benzene rings is 5. The van der Waals surface area contributed by atoms with Gasteiger partial charge in [-0.2, -0.15) is 0 Å². The fourth-order valence-electron chi connectivity index (χ4n) is 8.64. The molecule has 0 fully saturated rings. The van der Waals surface area contributed by atoms with Crippen molar-refractivity contribution in [2.75, 3.05) is 0 Å². The van der Waals surface area contributed by atoms with Crippen LogP contribution in [0.15, 0.2) is 132 Å². The molecule has 4 aromatic heterocycles. The first-order chi connectivity index (χ1) is 30.2. The molecule has 0 bridgehead atoms. The molecule has 9 rings (SSSR count). The van der Waals surface area contributed by atoms with Gasteiger partial charge in [-0.05, 0) is 76.4 Å². The number of hydrogen-bond donors (Lipinski definition) is 0. The summed E-state index contributed by atoms with van der Waals surface area (Å²) < 4.78 is 10.4. The second-order valence-electron chi connectivity index (χ2n) is 19.2. The summed E-state index contributed by atoms with van der Waals surface area (Å²) in [5.41, 5.74) is 15.1. The first-order valence-electron chi connectivity index (χ1n) is 22.6. The average Bonchev–Trinajstić information content (AvgIpc) is 3.84. The van der Waals surface area contributed by atoms with E-state index in [0.717, 1.165) is 62.1 Å².